The highest BCUT2D eigenvalue weighted by atomic mass is 16.5. The first-order valence-corrected chi connectivity index (χ1v) is 11.2. The molecule has 2 aromatic rings. The number of hydrogen-bond acceptors (Lipinski definition) is 5. The smallest absolute Gasteiger partial charge is 0.306 e. The molecule has 0 atom stereocenters. The molecule has 0 unspecified atom stereocenters. The number of methoxy groups -OCH3 is 1. The summed E-state index contributed by atoms with van der Waals surface area (Å²) in [5.74, 6) is 0.239. The Hall–Kier alpha value is -3.48. The van der Waals surface area contributed by atoms with Crippen molar-refractivity contribution in [3.8, 4) is 11.5 Å². The van der Waals surface area contributed by atoms with Gasteiger partial charge < -0.3 is 24.4 Å². The van der Waals surface area contributed by atoms with Gasteiger partial charge in [0.25, 0.3) is 0 Å². The van der Waals surface area contributed by atoms with Gasteiger partial charge in [0.15, 0.2) is 11.5 Å². The van der Waals surface area contributed by atoms with E-state index in [4.69, 9.17) is 9.47 Å². The molecule has 176 valence electrons. The van der Waals surface area contributed by atoms with Crippen molar-refractivity contribution < 1.29 is 24.2 Å². The van der Waals surface area contributed by atoms with Gasteiger partial charge in [0.05, 0.1) is 19.6 Å². The number of ether oxygens (including phenoxy) is 2. The van der Waals surface area contributed by atoms with Crippen LogP contribution in [0.25, 0.3) is 6.08 Å². The van der Waals surface area contributed by atoms with Crippen LogP contribution in [0.3, 0.4) is 0 Å². The highest BCUT2D eigenvalue weighted by Crippen LogP contribution is 2.28. The average molecular weight is 453 g/mol. The summed E-state index contributed by atoms with van der Waals surface area (Å²) in [5, 5.41) is 9.19. The first-order chi connectivity index (χ1) is 15.9. The molecular weight excluding hydrogens is 420 g/mol. The Bertz CT molecular complexity index is 996. The molecule has 33 heavy (non-hydrogen) atoms. The van der Waals surface area contributed by atoms with Crippen molar-refractivity contribution in [3.63, 3.8) is 0 Å². The third-order valence-corrected chi connectivity index (χ3v) is 5.82. The summed E-state index contributed by atoms with van der Waals surface area (Å²) in [6, 6.07) is 13.6. The molecule has 0 bridgehead atoms. The Morgan fingerprint density at radius 2 is 1.91 bits per heavy atom. The maximum atomic E-state index is 12.6. The van der Waals surface area contributed by atoms with Crippen molar-refractivity contribution >= 4 is 23.6 Å². The minimum absolute atomic E-state index is 0.101. The van der Waals surface area contributed by atoms with Crippen molar-refractivity contribution in [1.82, 2.24) is 4.90 Å². The largest absolute Gasteiger partial charge is 0.493 e. The Labute approximate surface area is 195 Å². The monoisotopic (exact) mass is 452 g/mol. The number of benzene rings is 2. The van der Waals surface area contributed by atoms with Crippen molar-refractivity contribution in [1.29, 1.82) is 0 Å². The third kappa shape index (κ3) is 6.51. The number of carbonyl (C=O) groups excluding carboxylic acids is 1. The molecule has 1 amide bonds. The highest BCUT2D eigenvalue weighted by Gasteiger charge is 2.24. The lowest BCUT2D eigenvalue weighted by Gasteiger charge is -2.32. The van der Waals surface area contributed by atoms with E-state index in [-0.39, 0.29) is 11.8 Å². The average Bonchev–Trinajstić information content (AvgIpc) is 2.83. The molecule has 3 rings (SSSR count). The molecular formula is C26H32N2O5. The summed E-state index contributed by atoms with van der Waals surface area (Å²) >= 11 is 0. The Morgan fingerprint density at radius 1 is 1.15 bits per heavy atom. The number of anilines is 1. The number of likely N-dealkylation sites (N-methyl/N-ethyl adjacent to an activating group) is 1. The van der Waals surface area contributed by atoms with Crippen LogP contribution in [0.2, 0.25) is 0 Å². The molecule has 0 saturated carbocycles. The fourth-order valence-electron chi connectivity index (χ4n) is 3.95. The quantitative estimate of drug-likeness (QED) is 0.578. The Balaban J connectivity index is 1.60. The molecule has 0 aliphatic carbocycles. The third-order valence-electron chi connectivity index (χ3n) is 5.82. The molecule has 1 fully saturated rings. The van der Waals surface area contributed by atoms with E-state index in [0.29, 0.717) is 37.5 Å². The van der Waals surface area contributed by atoms with Crippen LogP contribution in [0, 0.1) is 5.92 Å². The van der Waals surface area contributed by atoms with Crippen LogP contribution in [-0.2, 0) is 16.1 Å². The van der Waals surface area contributed by atoms with Crippen LogP contribution >= 0.6 is 0 Å². The predicted octanol–water partition coefficient (Wildman–Crippen LogP) is 4.07. The number of amides is 1. The molecule has 0 spiro atoms. The number of carboxylic acid groups (broad SMARTS) is 1. The summed E-state index contributed by atoms with van der Waals surface area (Å²) < 4.78 is 10.9. The Kier molecular flexibility index (Phi) is 8.35. The van der Waals surface area contributed by atoms with Crippen LogP contribution in [-0.4, -0.2) is 55.7 Å². The van der Waals surface area contributed by atoms with Gasteiger partial charge >= 0.3 is 5.97 Å². The maximum absolute atomic E-state index is 12.6. The zero-order valence-electron chi connectivity index (χ0n) is 19.5. The van der Waals surface area contributed by atoms with E-state index in [1.165, 1.54) is 0 Å². The minimum Gasteiger partial charge on any atom is -0.493 e. The zero-order chi connectivity index (χ0) is 23.8. The van der Waals surface area contributed by atoms with Crippen molar-refractivity contribution in [2.24, 2.45) is 5.92 Å². The summed E-state index contributed by atoms with van der Waals surface area (Å²) in [6.07, 6.45) is 4.62. The van der Waals surface area contributed by atoms with Gasteiger partial charge in [-0.3, -0.25) is 9.59 Å². The highest BCUT2D eigenvalue weighted by molar-refractivity contribution is 5.91. The summed E-state index contributed by atoms with van der Waals surface area (Å²) in [5.41, 5.74) is 2.94. The molecule has 7 nitrogen and oxygen atoms in total. The molecule has 7 heteroatoms. The maximum Gasteiger partial charge on any atom is 0.306 e. The van der Waals surface area contributed by atoms with Crippen molar-refractivity contribution in [3.05, 3.63) is 59.7 Å². The van der Waals surface area contributed by atoms with E-state index < -0.39 is 5.97 Å². The molecule has 0 aromatic heterocycles. The molecule has 2 aromatic carbocycles. The lowest BCUT2D eigenvalue weighted by Crippen LogP contribution is -2.36. The van der Waals surface area contributed by atoms with Gasteiger partial charge in [-0.2, -0.15) is 0 Å². The van der Waals surface area contributed by atoms with Crippen LogP contribution in [0.15, 0.2) is 48.5 Å². The summed E-state index contributed by atoms with van der Waals surface area (Å²) in [4.78, 5) is 27.7. The molecule has 1 aliphatic rings. The molecule has 1 heterocycles. The van der Waals surface area contributed by atoms with E-state index in [0.717, 1.165) is 29.9 Å². The fourth-order valence-corrected chi connectivity index (χ4v) is 3.95. The van der Waals surface area contributed by atoms with Gasteiger partial charge in [0.1, 0.15) is 0 Å². The lowest BCUT2D eigenvalue weighted by atomic mass is 9.96. The first-order valence-electron chi connectivity index (χ1n) is 11.2. The second-order valence-corrected chi connectivity index (χ2v) is 8.14. The van der Waals surface area contributed by atoms with Crippen LogP contribution < -0.4 is 14.4 Å². The van der Waals surface area contributed by atoms with E-state index in [1.807, 2.05) is 43.3 Å². The van der Waals surface area contributed by atoms with Gasteiger partial charge in [0, 0.05) is 38.4 Å². The number of nitrogens with zero attached hydrogens (tertiary/aromatic N) is 2. The number of hydrogen-bond donors (Lipinski definition) is 1. The minimum atomic E-state index is -0.708. The second kappa shape index (κ2) is 11.4. The van der Waals surface area contributed by atoms with Gasteiger partial charge in [-0.1, -0.05) is 18.2 Å². The molecule has 0 radical (unpaired) electrons. The SMILES string of the molecule is CCOc1ccc(/C=C/C(=O)N(C)Cc2cccc(N3CCC(C(=O)O)CC3)c2)cc1OC. The van der Waals surface area contributed by atoms with Crippen LogP contribution in [0.1, 0.15) is 30.9 Å². The van der Waals surface area contributed by atoms with Gasteiger partial charge in [-0.25, -0.2) is 0 Å². The number of carbonyl (C=O) groups is 2. The predicted molar refractivity (Wildman–Crippen MR) is 129 cm³/mol. The second-order valence-electron chi connectivity index (χ2n) is 8.14. The molecule has 1 aliphatic heterocycles. The van der Waals surface area contributed by atoms with Gasteiger partial charge in [-0.15, -0.1) is 0 Å². The van der Waals surface area contributed by atoms with Crippen LogP contribution in [0.5, 0.6) is 11.5 Å². The van der Waals surface area contributed by atoms with Crippen molar-refractivity contribution in [2.45, 2.75) is 26.3 Å². The van der Waals surface area contributed by atoms with Crippen LogP contribution in [0.4, 0.5) is 5.69 Å². The molecule has 1 saturated heterocycles. The standard InChI is InChI=1S/C26H32N2O5/c1-4-33-23-10-8-19(17-24(23)32-3)9-11-25(29)27(2)18-20-6-5-7-22(16-20)28-14-12-21(13-15-28)26(30)31/h5-11,16-17,21H,4,12-15,18H2,1-3H3,(H,30,31)/b11-9+. The summed E-state index contributed by atoms with van der Waals surface area (Å²) in [7, 11) is 3.36. The number of aliphatic carboxylic acids is 1. The first kappa shape index (κ1) is 24.2. The topological polar surface area (TPSA) is 79.3 Å². The normalized spacial score (nSPS) is 14.3. The van der Waals surface area contributed by atoms with E-state index in [1.54, 1.807) is 31.2 Å². The van der Waals surface area contributed by atoms with E-state index >= 15 is 0 Å². The zero-order valence-corrected chi connectivity index (χ0v) is 19.5. The fraction of sp³-hybridized carbons (Fsp3) is 0.385. The number of rotatable bonds is 9. The van der Waals surface area contributed by atoms with Gasteiger partial charge in [-0.05, 0) is 61.2 Å². The Morgan fingerprint density at radius 3 is 2.58 bits per heavy atom. The summed E-state index contributed by atoms with van der Waals surface area (Å²) in [6.45, 7) is 4.40. The molecule has 1 N–H and O–H groups in total. The number of carboxylic acids is 1. The van der Waals surface area contributed by atoms with E-state index in [2.05, 4.69) is 11.0 Å². The van der Waals surface area contributed by atoms with Crippen molar-refractivity contribution in [2.75, 3.05) is 38.8 Å². The lowest BCUT2D eigenvalue weighted by molar-refractivity contribution is -0.142. The van der Waals surface area contributed by atoms with E-state index in [9.17, 15) is 14.7 Å². The number of piperidine rings is 1. The van der Waals surface area contributed by atoms with Gasteiger partial charge in [0.2, 0.25) is 5.91 Å².